The van der Waals surface area contributed by atoms with Crippen LogP contribution in [-0.4, -0.2) is 74.0 Å². The predicted molar refractivity (Wildman–Crippen MR) is 107 cm³/mol. The maximum absolute atomic E-state index is 12.2. The van der Waals surface area contributed by atoms with Crippen LogP contribution in [0.2, 0.25) is 0 Å². The van der Waals surface area contributed by atoms with Crippen molar-refractivity contribution < 1.29 is 14.3 Å². The van der Waals surface area contributed by atoms with Crippen LogP contribution in [0.5, 0.6) is 0 Å². The molecule has 0 aromatic heterocycles. The summed E-state index contributed by atoms with van der Waals surface area (Å²) >= 11 is 0. The standard InChI is InChI=1S/C21H33N3O3/c1-17-15-19(23-11-13-26-14-12-23)6-5-18(17)16-22-7-9-24(10-8-22)20(25)27-21(2,3)4/h5-6,15H,7-14,16H2,1-4H3. The first-order chi connectivity index (χ1) is 12.8. The van der Waals surface area contributed by atoms with E-state index in [0.29, 0.717) is 0 Å². The van der Waals surface area contributed by atoms with Crippen molar-refractivity contribution in [3.05, 3.63) is 29.3 Å². The third-order valence-electron chi connectivity index (χ3n) is 5.12. The molecule has 1 aromatic rings. The van der Waals surface area contributed by atoms with Gasteiger partial charge in [0.25, 0.3) is 0 Å². The van der Waals surface area contributed by atoms with E-state index in [1.54, 1.807) is 0 Å². The Morgan fingerprint density at radius 2 is 1.74 bits per heavy atom. The summed E-state index contributed by atoms with van der Waals surface area (Å²) in [5, 5.41) is 0. The third kappa shape index (κ3) is 5.59. The summed E-state index contributed by atoms with van der Waals surface area (Å²) in [6.45, 7) is 15.6. The molecule has 0 bridgehead atoms. The first-order valence-electron chi connectivity index (χ1n) is 9.94. The van der Waals surface area contributed by atoms with Crippen molar-refractivity contribution in [2.75, 3.05) is 57.4 Å². The molecule has 2 heterocycles. The van der Waals surface area contributed by atoms with Crippen LogP contribution in [0.25, 0.3) is 0 Å². The summed E-state index contributed by atoms with van der Waals surface area (Å²) in [5.41, 5.74) is 3.54. The first kappa shape index (κ1) is 20.0. The smallest absolute Gasteiger partial charge is 0.410 e. The van der Waals surface area contributed by atoms with Gasteiger partial charge in [-0.1, -0.05) is 6.07 Å². The van der Waals surface area contributed by atoms with E-state index < -0.39 is 5.60 Å². The molecule has 3 rings (SSSR count). The van der Waals surface area contributed by atoms with E-state index in [1.807, 2.05) is 25.7 Å². The summed E-state index contributed by atoms with van der Waals surface area (Å²) in [6, 6.07) is 6.77. The maximum Gasteiger partial charge on any atom is 0.410 e. The molecule has 6 heteroatoms. The lowest BCUT2D eigenvalue weighted by molar-refractivity contribution is 0.0139. The molecule has 0 saturated carbocycles. The Bertz CT molecular complexity index is 643. The highest BCUT2D eigenvalue weighted by molar-refractivity contribution is 5.68. The molecule has 0 unspecified atom stereocenters. The van der Waals surface area contributed by atoms with Crippen LogP contribution >= 0.6 is 0 Å². The van der Waals surface area contributed by atoms with Gasteiger partial charge in [0.1, 0.15) is 5.60 Å². The van der Waals surface area contributed by atoms with E-state index >= 15 is 0 Å². The van der Waals surface area contributed by atoms with Crippen molar-refractivity contribution in [2.24, 2.45) is 0 Å². The Labute approximate surface area is 163 Å². The Kier molecular flexibility index (Phi) is 6.27. The lowest BCUT2D eigenvalue weighted by atomic mass is 10.1. The number of rotatable bonds is 3. The third-order valence-corrected chi connectivity index (χ3v) is 5.12. The molecule has 1 amide bonds. The topological polar surface area (TPSA) is 45.2 Å². The molecular formula is C21H33N3O3. The lowest BCUT2D eigenvalue weighted by Gasteiger charge is -2.36. The van der Waals surface area contributed by atoms with Crippen molar-refractivity contribution in [3.8, 4) is 0 Å². The molecule has 6 nitrogen and oxygen atoms in total. The fourth-order valence-corrected chi connectivity index (χ4v) is 3.53. The second-order valence-electron chi connectivity index (χ2n) is 8.45. The van der Waals surface area contributed by atoms with Crippen molar-refractivity contribution in [1.29, 1.82) is 0 Å². The van der Waals surface area contributed by atoms with Crippen molar-refractivity contribution in [1.82, 2.24) is 9.80 Å². The number of piperazine rings is 1. The number of carbonyl (C=O) groups excluding carboxylic acids is 1. The Morgan fingerprint density at radius 1 is 1.07 bits per heavy atom. The SMILES string of the molecule is Cc1cc(N2CCOCC2)ccc1CN1CCN(C(=O)OC(C)(C)C)CC1. The Hall–Kier alpha value is -1.79. The van der Waals surface area contributed by atoms with Gasteiger partial charge in [-0.05, 0) is 51.0 Å². The van der Waals surface area contributed by atoms with E-state index in [-0.39, 0.29) is 6.09 Å². The summed E-state index contributed by atoms with van der Waals surface area (Å²) < 4.78 is 10.9. The first-order valence-corrected chi connectivity index (χ1v) is 9.94. The van der Waals surface area contributed by atoms with Crippen molar-refractivity contribution in [3.63, 3.8) is 0 Å². The zero-order chi connectivity index (χ0) is 19.4. The molecule has 27 heavy (non-hydrogen) atoms. The van der Waals surface area contributed by atoms with E-state index in [9.17, 15) is 4.79 Å². The van der Waals surface area contributed by atoms with Crippen molar-refractivity contribution in [2.45, 2.75) is 39.8 Å². The van der Waals surface area contributed by atoms with Gasteiger partial charge in [-0.15, -0.1) is 0 Å². The van der Waals surface area contributed by atoms with Gasteiger partial charge in [0, 0.05) is 51.5 Å². The average molecular weight is 376 g/mol. The van der Waals surface area contributed by atoms with Gasteiger partial charge >= 0.3 is 6.09 Å². The van der Waals surface area contributed by atoms with Gasteiger partial charge in [-0.2, -0.15) is 0 Å². The molecule has 2 saturated heterocycles. The highest BCUT2D eigenvalue weighted by atomic mass is 16.6. The normalized spacial score (nSPS) is 19.3. The molecule has 2 aliphatic heterocycles. The highest BCUT2D eigenvalue weighted by Gasteiger charge is 2.26. The number of benzene rings is 1. The van der Waals surface area contributed by atoms with Crippen molar-refractivity contribution >= 4 is 11.8 Å². The lowest BCUT2D eigenvalue weighted by Crippen LogP contribution is -2.49. The van der Waals surface area contributed by atoms with Gasteiger partial charge in [0.05, 0.1) is 13.2 Å². The molecular weight excluding hydrogens is 342 g/mol. The summed E-state index contributed by atoms with van der Waals surface area (Å²) in [4.78, 5) is 18.8. The second kappa shape index (κ2) is 8.48. The number of ether oxygens (including phenoxy) is 2. The van der Waals surface area contributed by atoms with E-state index in [4.69, 9.17) is 9.47 Å². The van der Waals surface area contributed by atoms with Crippen LogP contribution in [0.15, 0.2) is 18.2 Å². The van der Waals surface area contributed by atoms with Gasteiger partial charge in [-0.25, -0.2) is 4.79 Å². The fraction of sp³-hybridized carbons (Fsp3) is 0.667. The number of hydrogen-bond donors (Lipinski definition) is 0. The number of hydrogen-bond acceptors (Lipinski definition) is 5. The zero-order valence-corrected chi connectivity index (χ0v) is 17.2. The number of carbonyl (C=O) groups is 1. The molecule has 2 aliphatic rings. The van der Waals surface area contributed by atoms with Crippen LogP contribution in [0.3, 0.4) is 0 Å². The number of nitrogens with zero attached hydrogens (tertiary/aromatic N) is 3. The van der Waals surface area contributed by atoms with E-state index in [2.05, 4.69) is 34.9 Å². The van der Waals surface area contributed by atoms with Gasteiger partial charge < -0.3 is 19.3 Å². The average Bonchev–Trinajstić information content (AvgIpc) is 2.63. The summed E-state index contributed by atoms with van der Waals surface area (Å²) in [6.07, 6.45) is -0.201. The molecule has 0 atom stereocenters. The molecule has 2 fully saturated rings. The molecule has 0 N–H and O–H groups in total. The highest BCUT2D eigenvalue weighted by Crippen LogP contribution is 2.22. The molecule has 0 aliphatic carbocycles. The maximum atomic E-state index is 12.2. The number of morpholine rings is 1. The van der Waals surface area contributed by atoms with E-state index in [1.165, 1.54) is 16.8 Å². The zero-order valence-electron chi connectivity index (χ0n) is 17.2. The minimum absolute atomic E-state index is 0.201. The number of anilines is 1. The Balaban J connectivity index is 1.52. The molecule has 0 spiro atoms. The minimum atomic E-state index is -0.437. The summed E-state index contributed by atoms with van der Waals surface area (Å²) in [7, 11) is 0. The number of amides is 1. The van der Waals surface area contributed by atoms with Crippen LogP contribution in [-0.2, 0) is 16.0 Å². The predicted octanol–water partition coefficient (Wildman–Crippen LogP) is 2.88. The van der Waals surface area contributed by atoms with Crippen LogP contribution in [0, 0.1) is 6.92 Å². The van der Waals surface area contributed by atoms with Gasteiger partial charge in [-0.3, -0.25) is 4.90 Å². The Morgan fingerprint density at radius 3 is 2.33 bits per heavy atom. The molecule has 1 aromatic carbocycles. The van der Waals surface area contributed by atoms with Crippen LogP contribution in [0.4, 0.5) is 10.5 Å². The monoisotopic (exact) mass is 375 g/mol. The summed E-state index contributed by atoms with van der Waals surface area (Å²) in [5.74, 6) is 0. The van der Waals surface area contributed by atoms with Gasteiger partial charge in [0.2, 0.25) is 0 Å². The fourth-order valence-electron chi connectivity index (χ4n) is 3.53. The minimum Gasteiger partial charge on any atom is -0.444 e. The largest absolute Gasteiger partial charge is 0.444 e. The number of aryl methyl sites for hydroxylation is 1. The quantitative estimate of drug-likeness (QED) is 0.813. The molecule has 0 radical (unpaired) electrons. The van der Waals surface area contributed by atoms with Crippen LogP contribution < -0.4 is 4.90 Å². The van der Waals surface area contributed by atoms with Gasteiger partial charge in [0.15, 0.2) is 0 Å². The molecule has 150 valence electrons. The second-order valence-corrected chi connectivity index (χ2v) is 8.45. The van der Waals surface area contributed by atoms with Crippen LogP contribution in [0.1, 0.15) is 31.9 Å². The van der Waals surface area contributed by atoms with E-state index in [0.717, 1.165) is 59.0 Å².